The molecule has 0 radical (unpaired) electrons. The van der Waals surface area contributed by atoms with Crippen molar-refractivity contribution < 1.29 is 0 Å². The highest BCUT2D eigenvalue weighted by atomic mass is 32.1. The van der Waals surface area contributed by atoms with Gasteiger partial charge in [0.2, 0.25) is 5.66 Å². The average molecular weight is 247 g/mol. The molecule has 0 aliphatic carbocycles. The van der Waals surface area contributed by atoms with E-state index in [9.17, 15) is 0 Å². The lowest BCUT2D eigenvalue weighted by molar-refractivity contribution is 0.439. The molecular weight excluding hydrogens is 230 g/mol. The summed E-state index contributed by atoms with van der Waals surface area (Å²) in [5.74, 6) is 0. The number of hydrogen-bond acceptors (Lipinski definition) is 4. The first-order chi connectivity index (χ1) is 7.87. The van der Waals surface area contributed by atoms with Crippen LogP contribution in [0.3, 0.4) is 0 Å². The normalized spacial score (nSPS) is 15.3. The maximum absolute atomic E-state index is 4.69. The molecule has 0 fully saturated rings. The minimum Gasteiger partial charge on any atom is -0.195 e. The summed E-state index contributed by atoms with van der Waals surface area (Å²) in [6.07, 6.45) is 0. The maximum Gasteiger partial charge on any atom is 0.202 e. The van der Waals surface area contributed by atoms with E-state index in [0.717, 1.165) is 5.56 Å². The Hall–Kier alpha value is -1.38. The number of isothiocyanates is 1. The predicted octanol–water partition coefficient (Wildman–Crippen LogP) is 4.21. The summed E-state index contributed by atoms with van der Waals surface area (Å²) in [4.78, 5) is 4.13. The van der Waals surface area contributed by atoms with Gasteiger partial charge in [-0.05, 0) is 39.9 Å². The maximum atomic E-state index is 4.69. The second kappa shape index (κ2) is 5.30. The Kier molecular flexibility index (Phi) is 4.27. The Morgan fingerprint density at radius 2 is 1.59 bits per heavy atom. The molecule has 0 heterocycles. The van der Waals surface area contributed by atoms with Gasteiger partial charge in [0, 0.05) is 5.56 Å². The number of thiocarbonyl (C=S) groups is 1. The number of rotatable bonds is 3. The lowest BCUT2D eigenvalue weighted by Gasteiger charge is -2.20. The molecule has 0 saturated carbocycles. The monoisotopic (exact) mass is 247 g/mol. The fourth-order valence-electron chi connectivity index (χ4n) is 1.23. The van der Waals surface area contributed by atoms with Crippen LogP contribution in [0.15, 0.2) is 45.6 Å². The number of azo groups is 1. The lowest BCUT2D eigenvalue weighted by atomic mass is 10.0. The van der Waals surface area contributed by atoms with Crippen molar-refractivity contribution >= 4 is 17.4 Å². The molecule has 1 aromatic carbocycles. The molecule has 1 unspecified atom stereocenters. The zero-order valence-electron chi connectivity index (χ0n) is 10.6. The van der Waals surface area contributed by atoms with Gasteiger partial charge in [-0.25, -0.2) is 0 Å². The van der Waals surface area contributed by atoms with E-state index in [4.69, 9.17) is 0 Å². The van der Waals surface area contributed by atoms with Gasteiger partial charge in [-0.1, -0.05) is 30.3 Å². The molecule has 4 heteroatoms. The van der Waals surface area contributed by atoms with Crippen LogP contribution in [0.25, 0.3) is 0 Å². The second-order valence-electron chi connectivity index (χ2n) is 4.96. The first kappa shape index (κ1) is 13.7. The van der Waals surface area contributed by atoms with Crippen LogP contribution >= 0.6 is 12.2 Å². The molecule has 3 nitrogen and oxygen atoms in total. The zero-order chi connectivity index (χ0) is 12.9. The molecule has 1 aromatic rings. The van der Waals surface area contributed by atoms with Crippen molar-refractivity contribution in [2.45, 2.75) is 38.9 Å². The molecular formula is C13H17N3S. The van der Waals surface area contributed by atoms with Crippen molar-refractivity contribution in [1.82, 2.24) is 0 Å². The number of hydrogen-bond donors (Lipinski definition) is 0. The smallest absolute Gasteiger partial charge is 0.195 e. The summed E-state index contributed by atoms with van der Waals surface area (Å²) >= 11 is 4.69. The van der Waals surface area contributed by atoms with E-state index in [1.807, 2.05) is 58.0 Å². The molecule has 0 aliphatic rings. The van der Waals surface area contributed by atoms with Gasteiger partial charge in [0.05, 0.1) is 10.7 Å². The molecule has 0 amide bonds. The quantitative estimate of drug-likeness (QED) is 0.448. The van der Waals surface area contributed by atoms with E-state index in [2.05, 4.69) is 32.6 Å². The number of benzene rings is 1. The molecule has 0 N–H and O–H groups in total. The van der Waals surface area contributed by atoms with Crippen molar-refractivity contribution in [1.29, 1.82) is 0 Å². The number of aliphatic imine (C=N–C) groups is 1. The largest absolute Gasteiger partial charge is 0.202 e. The Balaban J connectivity index is 3.16. The van der Waals surface area contributed by atoms with Crippen LogP contribution in [-0.4, -0.2) is 10.7 Å². The molecule has 0 aromatic heterocycles. The fraction of sp³-hybridized carbons (Fsp3) is 0.462. The topological polar surface area (TPSA) is 37.1 Å². The van der Waals surface area contributed by atoms with Crippen LogP contribution in [-0.2, 0) is 5.66 Å². The summed E-state index contributed by atoms with van der Waals surface area (Å²) in [7, 11) is 0. The van der Waals surface area contributed by atoms with Crippen LogP contribution in [0.5, 0.6) is 0 Å². The van der Waals surface area contributed by atoms with Gasteiger partial charge in [0.15, 0.2) is 0 Å². The van der Waals surface area contributed by atoms with Gasteiger partial charge in [0.1, 0.15) is 0 Å². The summed E-state index contributed by atoms with van der Waals surface area (Å²) in [6, 6.07) is 9.75. The van der Waals surface area contributed by atoms with E-state index in [1.165, 1.54) is 0 Å². The molecule has 1 atom stereocenters. The third-order valence-corrected chi connectivity index (χ3v) is 2.22. The standard InChI is InChI=1S/C13H17N3S/c1-12(2,3)15-16-13(4,14-10-17)11-8-6-5-7-9-11/h5-9H,1-4H3. The summed E-state index contributed by atoms with van der Waals surface area (Å²) in [5, 5.41) is 11.0. The molecule has 0 aliphatic heterocycles. The fourth-order valence-corrected chi connectivity index (χ4v) is 1.41. The van der Waals surface area contributed by atoms with Crippen molar-refractivity contribution in [3.63, 3.8) is 0 Å². The van der Waals surface area contributed by atoms with Gasteiger partial charge in [-0.15, -0.1) is 0 Å². The first-order valence-electron chi connectivity index (χ1n) is 5.46. The molecule has 0 spiro atoms. The highest BCUT2D eigenvalue weighted by Crippen LogP contribution is 2.28. The van der Waals surface area contributed by atoms with Gasteiger partial charge < -0.3 is 0 Å². The van der Waals surface area contributed by atoms with E-state index >= 15 is 0 Å². The van der Waals surface area contributed by atoms with Crippen molar-refractivity contribution in [2.75, 3.05) is 0 Å². The Morgan fingerprint density at radius 1 is 1.00 bits per heavy atom. The Morgan fingerprint density at radius 3 is 2.06 bits per heavy atom. The average Bonchev–Trinajstić information content (AvgIpc) is 2.27. The molecule has 1 rings (SSSR count). The third-order valence-electron chi connectivity index (χ3n) is 2.13. The third kappa shape index (κ3) is 4.17. The van der Waals surface area contributed by atoms with Crippen LogP contribution < -0.4 is 0 Å². The van der Waals surface area contributed by atoms with Gasteiger partial charge in [-0.3, -0.25) is 0 Å². The SMILES string of the molecule is CC(C)(C)N=NC(C)(N=C=S)c1ccccc1. The Labute approximate surface area is 108 Å². The van der Waals surface area contributed by atoms with Crippen LogP contribution in [0.1, 0.15) is 33.3 Å². The predicted molar refractivity (Wildman–Crippen MR) is 73.4 cm³/mol. The van der Waals surface area contributed by atoms with Gasteiger partial charge >= 0.3 is 0 Å². The summed E-state index contributed by atoms with van der Waals surface area (Å²) in [5.41, 5.74) is -0.0612. The molecule has 17 heavy (non-hydrogen) atoms. The van der Waals surface area contributed by atoms with Crippen LogP contribution in [0.2, 0.25) is 0 Å². The highest BCUT2D eigenvalue weighted by molar-refractivity contribution is 7.78. The zero-order valence-corrected chi connectivity index (χ0v) is 11.5. The Bertz CT molecular complexity index is 441. The van der Waals surface area contributed by atoms with E-state index in [1.54, 1.807) is 0 Å². The van der Waals surface area contributed by atoms with E-state index < -0.39 is 5.66 Å². The van der Waals surface area contributed by atoms with Crippen LogP contribution in [0, 0.1) is 0 Å². The lowest BCUT2D eigenvalue weighted by Crippen LogP contribution is -2.18. The van der Waals surface area contributed by atoms with E-state index in [-0.39, 0.29) is 5.54 Å². The second-order valence-corrected chi connectivity index (χ2v) is 5.14. The first-order valence-corrected chi connectivity index (χ1v) is 5.87. The van der Waals surface area contributed by atoms with Crippen LogP contribution in [0.4, 0.5) is 0 Å². The highest BCUT2D eigenvalue weighted by Gasteiger charge is 2.25. The van der Waals surface area contributed by atoms with Gasteiger partial charge in [-0.2, -0.15) is 15.2 Å². The van der Waals surface area contributed by atoms with Crippen molar-refractivity contribution in [3.05, 3.63) is 35.9 Å². The van der Waals surface area contributed by atoms with E-state index in [0.29, 0.717) is 0 Å². The summed E-state index contributed by atoms with van der Waals surface area (Å²) in [6.45, 7) is 7.84. The van der Waals surface area contributed by atoms with Crippen molar-refractivity contribution in [3.8, 4) is 0 Å². The molecule has 0 bridgehead atoms. The summed E-state index contributed by atoms with van der Waals surface area (Å²) < 4.78 is 0. The van der Waals surface area contributed by atoms with Crippen molar-refractivity contribution in [2.24, 2.45) is 15.2 Å². The van der Waals surface area contributed by atoms with Gasteiger partial charge in [0.25, 0.3) is 0 Å². The number of nitrogens with zero attached hydrogens (tertiary/aromatic N) is 3. The minimum absolute atomic E-state index is 0.229. The minimum atomic E-state index is -0.781. The molecule has 0 saturated heterocycles. The molecule has 90 valence electrons.